The van der Waals surface area contributed by atoms with Crippen molar-refractivity contribution in [3.63, 3.8) is 0 Å². The van der Waals surface area contributed by atoms with Crippen LogP contribution in [-0.4, -0.2) is 49.6 Å². The van der Waals surface area contributed by atoms with Crippen molar-refractivity contribution in [1.82, 2.24) is 9.80 Å². The number of rotatable bonds is 5. The second kappa shape index (κ2) is 9.48. The number of piperidine rings is 1. The zero-order valence-corrected chi connectivity index (χ0v) is 19.5. The Balaban J connectivity index is 1.27. The summed E-state index contributed by atoms with van der Waals surface area (Å²) in [7, 11) is 4.26. The summed E-state index contributed by atoms with van der Waals surface area (Å²) in [4.78, 5) is 7.65. The Morgan fingerprint density at radius 2 is 1.38 bits per heavy atom. The topological polar surface area (TPSA) is 9.72 Å². The molecule has 0 bridgehead atoms. The van der Waals surface area contributed by atoms with Gasteiger partial charge in [0.05, 0.1) is 6.04 Å². The van der Waals surface area contributed by atoms with Gasteiger partial charge >= 0.3 is 0 Å². The van der Waals surface area contributed by atoms with E-state index in [1.54, 1.807) is 0 Å². The summed E-state index contributed by atoms with van der Waals surface area (Å²) in [6.07, 6.45) is 3.68. The lowest BCUT2D eigenvalue weighted by Gasteiger charge is -2.43. The van der Waals surface area contributed by atoms with Gasteiger partial charge < -0.3 is 4.90 Å². The summed E-state index contributed by atoms with van der Waals surface area (Å²) in [6.45, 7) is 4.61. The molecule has 32 heavy (non-hydrogen) atoms. The molecule has 0 aliphatic carbocycles. The fourth-order valence-corrected chi connectivity index (χ4v) is 5.54. The summed E-state index contributed by atoms with van der Waals surface area (Å²) in [6, 6.07) is 30.1. The minimum absolute atomic E-state index is 0.352. The number of anilines is 1. The Morgan fingerprint density at radius 3 is 1.97 bits per heavy atom. The molecular weight excluding hydrogens is 390 g/mol. The molecule has 166 valence electrons. The maximum atomic E-state index is 2.75. The highest BCUT2D eigenvalue weighted by molar-refractivity contribution is 5.50. The van der Waals surface area contributed by atoms with Gasteiger partial charge in [0.2, 0.25) is 0 Å². The first kappa shape index (κ1) is 21.2. The molecule has 0 spiro atoms. The largest absolute Gasteiger partial charge is 0.378 e. The lowest BCUT2D eigenvalue weighted by atomic mass is 9.92. The Hall–Kier alpha value is -2.62. The first-order valence-electron chi connectivity index (χ1n) is 12.1. The molecule has 0 unspecified atom stereocenters. The van der Waals surface area contributed by atoms with Crippen LogP contribution >= 0.6 is 0 Å². The van der Waals surface area contributed by atoms with Gasteiger partial charge in [0.1, 0.15) is 0 Å². The van der Waals surface area contributed by atoms with E-state index < -0.39 is 0 Å². The first-order chi connectivity index (χ1) is 15.7. The van der Waals surface area contributed by atoms with Crippen LogP contribution in [0.1, 0.15) is 41.1 Å². The Bertz CT molecular complexity index is 968. The van der Waals surface area contributed by atoms with Crippen molar-refractivity contribution in [3.8, 4) is 0 Å². The second-order valence-electron chi connectivity index (χ2n) is 9.56. The Morgan fingerprint density at radius 1 is 0.750 bits per heavy atom. The summed E-state index contributed by atoms with van der Waals surface area (Å²) in [5, 5.41) is 0. The number of likely N-dealkylation sites (tertiary alicyclic amines) is 1. The SMILES string of the molecule is CN(C)c1ccc2c(c1)CCN(C1CCN(C(c3ccccc3)c3ccccc3)CC1)C2. The molecule has 0 radical (unpaired) electrons. The van der Waals surface area contributed by atoms with Crippen LogP contribution in [0.15, 0.2) is 78.9 Å². The number of benzene rings is 3. The van der Waals surface area contributed by atoms with E-state index >= 15 is 0 Å². The third kappa shape index (κ3) is 4.46. The van der Waals surface area contributed by atoms with Crippen LogP contribution in [0.4, 0.5) is 5.69 Å². The maximum Gasteiger partial charge on any atom is 0.0601 e. The van der Waals surface area contributed by atoms with Crippen molar-refractivity contribution in [2.75, 3.05) is 38.6 Å². The van der Waals surface area contributed by atoms with Gasteiger partial charge in [0, 0.05) is 52.0 Å². The molecule has 3 nitrogen and oxygen atoms in total. The third-order valence-electron chi connectivity index (χ3n) is 7.36. The van der Waals surface area contributed by atoms with Gasteiger partial charge in [-0.05, 0) is 53.6 Å². The van der Waals surface area contributed by atoms with Crippen LogP contribution in [0.5, 0.6) is 0 Å². The molecule has 1 fully saturated rings. The Kier molecular flexibility index (Phi) is 6.29. The van der Waals surface area contributed by atoms with E-state index in [1.807, 2.05) is 0 Å². The number of fused-ring (bicyclic) bond motifs is 1. The molecule has 0 N–H and O–H groups in total. The van der Waals surface area contributed by atoms with Gasteiger partial charge in [-0.1, -0.05) is 66.7 Å². The zero-order chi connectivity index (χ0) is 21.9. The normalized spacial score (nSPS) is 18.0. The minimum atomic E-state index is 0.352. The standard InChI is InChI=1S/C29H35N3/c1-30(2)28-14-13-26-22-32(18-15-25(26)21-28)27-16-19-31(20-17-27)29(23-9-5-3-6-10-23)24-11-7-4-8-12-24/h3-14,21,27,29H,15-20,22H2,1-2H3. The molecule has 0 amide bonds. The van der Waals surface area contributed by atoms with E-state index in [1.165, 1.54) is 53.7 Å². The van der Waals surface area contributed by atoms with Gasteiger partial charge in [0.25, 0.3) is 0 Å². The smallest absolute Gasteiger partial charge is 0.0601 e. The first-order valence-corrected chi connectivity index (χ1v) is 12.1. The number of hydrogen-bond donors (Lipinski definition) is 0. The van der Waals surface area contributed by atoms with Crippen LogP contribution in [-0.2, 0) is 13.0 Å². The second-order valence-corrected chi connectivity index (χ2v) is 9.56. The van der Waals surface area contributed by atoms with E-state index in [0.717, 1.165) is 19.6 Å². The van der Waals surface area contributed by atoms with Gasteiger partial charge in [0.15, 0.2) is 0 Å². The fraction of sp³-hybridized carbons (Fsp3) is 0.379. The number of hydrogen-bond acceptors (Lipinski definition) is 3. The fourth-order valence-electron chi connectivity index (χ4n) is 5.54. The van der Waals surface area contributed by atoms with Crippen molar-refractivity contribution in [2.45, 2.75) is 37.9 Å². The van der Waals surface area contributed by atoms with E-state index in [4.69, 9.17) is 0 Å². The quantitative estimate of drug-likeness (QED) is 0.544. The molecule has 0 aromatic heterocycles. The number of nitrogens with zero attached hydrogens (tertiary/aromatic N) is 3. The third-order valence-corrected chi connectivity index (χ3v) is 7.36. The summed E-state index contributed by atoms with van der Waals surface area (Å²) in [5.74, 6) is 0. The average molecular weight is 426 g/mol. The highest BCUT2D eigenvalue weighted by Gasteiger charge is 2.31. The molecule has 1 saturated heterocycles. The zero-order valence-electron chi connectivity index (χ0n) is 19.5. The van der Waals surface area contributed by atoms with Crippen LogP contribution in [0, 0.1) is 0 Å². The molecule has 5 rings (SSSR count). The van der Waals surface area contributed by atoms with E-state index in [9.17, 15) is 0 Å². The maximum absolute atomic E-state index is 2.75. The monoisotopic (exact) mass is 425 g/mol. The highest BCUT2D eigenvalue weighted by atomic mass is 15.2. The summed E-state index contributed by atoms with van der Waals surface area (Å²) in [5.41, 5.74) is 7.19. The lowest BCUT2D eigenvalue weighted by Crippen LogP contribution is -2.47. The van der Waals surface area contributed by atoms with Gasteiger partial charge in [-0.25, -0.2) is 0 Å². The highest BCUT2D eigenvalue weighted by Crippen LogP contribution is 2.33. The summed E-state index contributed by atoms with van der Waals surface area (Å²) >= 11 is 0. The van der Waals surface area contributed by atoms with Gasteiger partial charge in [-0.2, -0.15) is 0 Å². The predicted molar refractivity (Wildman–Crippen MR) is 134 cm³/mol. The molecular formula is C29H35N3. The summed E-state index contributed by atoms with van der Waals surface area (Å²) < 4.78 is 0. The predicted octanol–water partition coefficient (Wildman–Crippen LogP) is 5.36. The van der Waals surface area contributed by atoms with Crippen molar-refractivity contribution in [2.24, 2.45) is 0 Å². The lowest BCUT2D eigenvalue weighted by molar-refractivity contribution is 0.0843. The molecule has 2 aliphatic heterocycles. The Labute approximate surface area is 193 Å². The van der Waals surface area contributed by atoms with Gasteiger partial charge in [-0.3, -0.25) is 9.80 Å². The molecule has 3 heteroatoms. The van der Waals surface area contributed by atoms with Crippen molar-refractivity contribution >= 4 is 5.69 Å². The average Bonchev–Trinajstić information content (AvgIpc) is 2.85. The van der Waals surface area contributed by atoms with Crippen molar-refractivity contribution < 1.29 is 0 Å². The van der Waals surface area contributed by atoms with Crippen LogP contribution in [0.25, 0.3) is 0 Å². The molecule has 2 heterocycles. The van der Waals surface area contributed by atoms with Crippen LogP contribution in [0.3, 0.4) is 0 Å². The van der Waals surface area contributed by atoms with Crippen LogP contribution < -0.4 is 4.90 Å². The minimum Gasteiger partial charge on any atom is -0.378 e. The molecule has 2 aliphatic rings. The molecule has 3 aromatic carbocycles. The van der Waals surface area contributed by atoms with E-state index in [2.05, 4.69) is 108 Å². The van der Waals surface area contributed by atoms with Crippen molar-refractivity contribution in [1.29, 1.82) is 0 Å². The van der Waals surface area contributed by atoms with Gasteiger partial charge in [-0.15, -0.1) is 0 Å². The van der Waals surface area contributed by atoms with E-state index in [0.29, 0.717) is 12.1 Å². The van der Waals surface area contributed by atoms with E-state index in [-0.39, 0.29) is 0 Å². The molecule has 0 saturated carbocycles. The molecule has 0 atom stereocenters. The van der Waals surface area contributed by atoms with Crippen molar-refractivity contribution in [3.05, 3.63) is 101 Å². The molecule has 3 aromatic rings. The van der Waals surface area contributed by atoms with Crippen LogP contribution in [0.2, 0.25) is 0 Å².